The molecule has 4 rings (SSSR count). The van der Waals surface area contributed by atoms with Gasteiger partial charge in [-0.05, 0) is 48.8 Å². The predicted molar refractivity (Wildman–Crippen MR) is 120 cm³/mol. The van der Waals surface area contributed by atoms with Gasteiger partial charge in [-0.1, -0.05) is 43.5 Å². The number of aromatic nitrogens is 1. The average Bonchev–Trinajstić information content (AvgIpc) is 3.15. The van der Waals surface area contributed by atoms with Crippen LogP contribution in [0.5, 0.6) is 5.75 Å². The van der Waals surface area contributed by atoms with Crippen molar-refractivity contribution < 1.29 is 4.74 Å². The van der Waals surface area contributed by atoms with Crippen LogP contribution in [0.15, 0.2) is 54.7 Å². The van der Waals surface area contributed by atoms with Crippen molar-refractivity contribution in [2.24, 2.45) is 0 Å². The highest BCUT2D eigenvalue weighted by Crippen LogP contribution is 2.27. The number of thiocarbonyl (C=S) groups is 1. The fraction of sp³-hybridized carbons (Fsp3) is 0.348. The first-order valence-electron chi connectivity index (χ1n) is 10.0. The molecule has 0 amide bonds. The fourth-order valence-corrected chi connectivity index (χ4v) is 4.43. The zero-order chi connectivity index (χ0) is 19.3. The smallest absolute Gasteiger partial charge is 0.173 e. The number of aromatic amines is 1. The van der Waals surface area contributed by atoms with Crippen molar-refractivity contribution in [1.29, 1.82) is 0 Å². The monoisotopic (exact) mass is 393 g/mol. The Morgan fingerprint density at radius 2 is 1.96 bits per heavy atom. The summed E-state index contributed by atoms with van der Waals surface area (Å²) < 4.78 is 5.35. The normalized spacial score (nSPS) is 14.8. The number of hydrogen-bond acceptors (Lipinski definition) is 2. The zero-order valence-corrected chi connectivity index (χ0v) is 17.1. The van der Waals surface area contributed by atoms with Crippen LogP contribution in [0.3, 0.4) is 0 Å². The van der Waals surface area contributed by atoms with Crippen LogP contribution >= 0.6 is 12.2 Å². The third kappa shape index (κ3) is 4.14. The molecule has 2 aromatic carbocycles. The summed E-state index contributed by atoms with van der Waals surface area (Å²) in [4.78, 5) is 5.77. The van der Waals surface area contributed by atoms with Crippen molar-refractivity contribution in [1.82, 2.24) is 9.88 Å². The molecule has 1 saturated carbocycles. The summed E-state index contributed by atoms with van der Waals surface area (Å²) in [7, 11) is 1.68. The van der Waals surface area contributed by atoms with Gasteiger partial charge in [0.25, 0.3) is 0 Å². The number of nitrogens with one attached hydrogen (secondary N) is 2. The summed E-state index contributed by atoms with van der Waals surface area (Å²) in [6, 6.07) is 16.9. The maximum Gasteiger partial charge on any atom is 0.173 e. The number of rotatable bonds is 5. The van der Waals surface area contributed by atoms with Crippen LogP contribution in [0.1, 0.15) is 37.7 Å². The molecule has 1 aliphatic rings. The maximum absolute atomic E-state index is 5.88. The summed E-state index contributed by atoms with van der Waals surface area (Å²) in [6.07, 6.45) is 8.39. The molecule has 2 N–H and O–H groups in total. The molecule has 0 saturated heterocycles. The molecular weight excluding hydrogens is 366 g/mol. The summed E-state index contributed by atoms with van der Waals surface area (Å²) in [5.41, 5.74) is 3.42. The minimum absolute atomic E-state index is 0.480. The number of anilines is 1. The second-order valence-corrected chi connectivity index (χ2v) is 7.83. The van der Waals surface area contributed by atoms with Crippen molar-refractivity contribution in [2.45, 2.75) is 44.7 Å². The molecule has 0 unspecified atom stereocenters. The molecule has 0 atom stereocenters. The number of methoxy groups -OCH3 is 1. The van der Waals surface area contributed by atoms with E-state index < -0.39 is 0 Å². The predicted octanol–water partition coefficient (Wildman–Crippen LogP) is 5.71. The number of para-hydroxylation sites is 1. The van der Waals surface area contributed by atoms with Gasteiger partial charge >= 0.3 is 0 Å². The van der Waals surface area contributed by atoms with Crippen molar-refractivity contribution >= 4 is 33.9 Å². The number of benzene rings is 2. The SMILES string of the molecule is COc1cccc(NC(=S)N(Cc2c[nH]c3ccccc23)C2CCCCC2)c1. The van der Waals surface area contributed by atoms with Gasteiger partial charge in [0.2, 0.25) is 0 Å². The number of ether oxygens (including phenoxy) is 1. The second kappa shape index (κ2) is 8.65. The van der Waals surface area contributed by atoms with E-state index in [1.54, 1.807) is 7.11 Å². The van der Waals surface area contributed by atoms with Gasteiger partial charge in [0.1, 0.15) is 5.75 Å². The third-order valence-corrected chi connectivity index (χ3v) is 5.95. The highest BCUT2D eigenvalue weighted by atomic mass is 32.1. The minimum Gasteiger partial charge on any atom is -0.497 e. The molecule has 0 aliphatic heterocycles. The Morgan fingerprint density at radius 3 is 2.79 bits per heavy atom. The number of nitrogens with zero attached hydrogens (tertiary/aromatic N) is 1. The van der Waals surface area contributed by atoms with Gasteiger partial charge in [-0.2, -0.15) is 0 Å². The van der Waals surface area contributed by atoms with Gasteiger partial charge in [-0.3, -0.25) is 0 Å². The molecule has 1 aliphatic carbocycles. The maximum atomic E-state index is 5.88. The van der Waals surface area contributed by atoms with Gasteiger partial charge in [-0.15, -0.1) is 0 Å². The Hall–Kier alpha value is -2.53. The fourth-order valence-electron chi connectivity index (χ4n) is 4.10. The lowest BCUT2D eigenvalue weighted by Crippen LogP contribution is -2.43. The molecule has 1 aromatic heterocycles. The minimum atomic E-state index is 0.480. The van der Waals surface area contributed by atoms with Crippen LogP contribution < -0.4 is 10.1 Å². The molecule has 5 heteroatoms. The first-order valence-corrected chi connectivity index (χ1v) is 10.4. The largest absolute Gasteiger partial charge is 0.497 e. The van der Waals surface area contributed by atoms with Gasteiger partial charge in [-0.25, -0.2) is 0 Å². The van der Waals surface area contributed by atoms with Gasteiger partial charge in [0.05, 0.1) is 7.11 Å². The first kappa shape index (κ1) is 18.8. The van der Waals surface area contributed by atoms with Crippen LogP contribution in [0.4, 0.5) is 5.69 Å². The number of hydrogen-bond donors (Lipinski definition) is 2. The van der Waals surface area contributed by atoms with Crippen LogP contribution in [0.25, 0.3) is 10.9 Å². The lowest BCUT2D eigenvalue weighted by atomic mass is 9.94. The average molecular weight is 394 g/mol. The van der Waals surface area contributed by atoms with E-state index in [4.69, 9.17) is 17.0 Å². The van der Waals surface area contributed by atoms with Crippen molar-refractivity contribution in [2.75, 3.05) is 12.4 Å². The Kier molecular flexibility index (Phi) is 5.81. The molecule has 0 spiro atoms. The summed E-state index contributed by atoms with van der Waals surface area (Å²) in [5.74, 6) is 0.827. The summed E-state index contributed by atoms with van der Waals surface area (Å²) in [5, 5.41) is 5.50. The van der Waals surface area contributed by atoms with Crippen LogP contribution in [0.2, 0.25) is 0 Å². The van der Waals surface area contributed by atoms with E-state index in [2.05, 4.69) is 45.7 Å². The van der Waals surface area contributed by atoms with Gasteiger partial charge in [0, 0.05) is 41.4 Å². The highest BCUT2D eigenvalue weighted by Gasteiger charge is 2.24. The first-order chi connectivity index (χ1) is 13.7. The zero-order valence-electron chi connectivity index (χ0n) is 16.3. The highest BCUT2D eigenvalue weighted by molar-refractivity contribution is 7.80. The second-order valence-electron chi connectivity index (χ2n) is 7.44. The number of H-pyrrole nitrogens is 1. The van der Waals surface area contributed by atoms with E-state index in [1.165, 1.54) is 48.6 Å². The van der Waals surface area contributed by atoms with Crippen LogP contribution in [0, 0.1) is 0 Å². The molecule has 0 bridgehead atoms. The van der Waals surface area contributed by atoms with E-state index in [-0.39, 0.29) is 0 Å². The number of fused-ring (bicyclic) bond motifs is 1. The molecule has 0 radical (unpaired) electrons. The molecule has 146 valence electrons. The summed E-state index contributed by atoms with van der Waals surface area (Å²) >= 11 is 5.88. The molecule has 1 fully saturated rings. The summed E-state index contributed by atoms with van der Waals surface area (Å²) in [6.45, 7) is 0.810. The quantitative estimate of drug-likeness (QED) is 0.545. The van der Waals surface area contributed by atoms with E-state index in [0.29, 0.717) is 6.04 Å². The standard InChI is InChI=1S/C23H27N3OS/c1-27-20-11-7-8-18(14-20)25-23(28)26(19-9-3-2-4-10-19)16-17-15-24-22-13-6-5-12-21(17)22/h5-8,11-15,19,24H,2-4,9-10,16H2,1H3,(H,25,28). The molecular formula is C23H27N3OS. The Bertz CT molecular complexity index is 946. The molecule has 28 heavy (non-hydrogen) atoms. The lowest BCUT2D eigenvalue weighted by Gasteiger charge is -2.36. The van der Waals surface area contributed by atoms with E-state index in [1.807, 2.05) is 24.3 Å². The Labute approximate surface area is 171 Å². The van der Waals surface area contributed by atoms with Crippen LogP contribution in [-0.4, -0.2) is 28.1 Å². The lowest BCUT2D eigenvalue weighted by molar-refractivity contribution is 0.241. The van der Waals surface area contributed by atoms with Crippen molar-refractivity contribution in [3.05, 3.63) is 60.3 Å². The Morgan fingerprint density at radius 1 is 1.14 bits per heavy atom. The Balaban J connectivity index is 1.58. The van der Waals surface area contributed by atoms with Gasteiger partial charge < -0.3 is 19.9 Å². The van der Waals surface area contributed by atoms with Crippen molar-refractivity contribution in [3.8, 4) is 5.75 Å². The van der Waals surface area contributed by atoms with E-state index in [0.717, 1.165) is 23.1 Å². The van der Waals surface area contributed by atoms with Crippen molar-refractivity contribution in [3.63, 3.8) is 0 Å². The topological polar surface area (TPSA) is 40.3 Å². The molecule has 3 aromatic rings. The molecule has 4 nitrogen and oxygen atoms in total. The van der Waals surface area contributed by atoms with E-state index >= 15 is 0 Å². The third-order valence-electron chi connectivity index (χ3n) is 5.61. The van der Waals surface area contributed by atoms with E-state index in [9.17, 15) is 0 Å². The van der Waals surface area contributed by atoms with Gasteiger partial charge in [0.15, 0.2) is 5.11 Å². The van der Waals surface area contributed by atoms with Crippen LogP contribution in [-0.2, 0) is 6.54 Å². The molecule has 1 heterocycles.